The third-order valence-corrected chi connectivity index (χ3v) is 28.6. The number of likely N-dealkylation sites (N-methyl/N-ethyl adjacent to an activating group) is 2. The van der Waals surface area contributed by atoms with E-state index in [-0.39, 0.29) is 22.2 Å². The van der Waals surface area contributed by atoms with Gasteiger partial charge in [0, 0.05) is 189 Å². The zero-order chi connectivity index (χ0) is 97.9. The van der Waals surface area contributed by atoms with Crippen LogP contribution in [0.3, 0.4) is 0 Å². The highest BCUT2D eigenvalue weighted by atomic mass is 16.5. The second-order valence-electron chi connectivity index (χ2n) is 37.3. The van der Waals surface area contributed by atoms with Gasteiger partial charge in [-0.3, -0.25) is 41.7 Å². The predicted molar refractivity (Wildman–Crippen MR) is 567 cm³/mol. The first kappa shape index (κ1) is 91.5. The number of pyridine rings is 2. The molecule has 0 radical (unpaired) electrons. The molecule has 0 saturated carbocycles. The Hall–Kier alpha value is -16.3. The number of hydrogen-bond acceptors (Lipinski definition) is 30. The molecule has 6 saturated heterocycles. The topological polar surface area (TPSA) is 346 Å². The molecule has 0 amide bonds. The summed E-state index contributed by atoms with van der Waals surface area (Å²) in [5.41, 5.74) is 17.9. The number of para-hydroxylation sites is 4. The van der Waals surface area contributed by atoms with Crippen LogP contribution in [0.5, 0.6) is 5.75 Å². The molecule has 26 rings (SSSR count). The van der Waals surface area contributed by atoms with Crippen molar-refractivity contribution in [3.63, 3.8) is 0 Å². The molecule has 6 fully saturated rings. The minimum atomic E-state index is -0.0825. The molecule has 144 heavy (non-hydrogen) atoms. The van der Waals surface area contributed by atoms with Gasteiger partial charge in [0.25, 0.3) is 22.2 Å². The van der Waals surface area contributed by atoms with Crippen LogP contribution in [0.25, 0.3) is 110 Å². The Morgan fingerprint density at radius 2 is 0.618 bits per heavy atom. The van der Waals surface area contributed by atoms with Crippen LogP contribution in [-0.2, 0) is 42.4 Å². The fourth-order valence-electron chi connectivity index (χ4n) is 20.6. The average molecular weight is 1930 g/mol. The van der Waals surface area contributed by atoms with Crippen LogP contribution >= 0.6 is 0 Å². The Morgan fingerprint density at radius 1 is 0.292 bits per heavy atom. The van der Waals surface area contributed by atoms with Gasteiger partial charge in [0.1, 0.15) is 61.5 Å². The van der Waals surface area contributed by atoms with Crippen LogP contribution in [0, 0.1) is 0 Å². The normalized spacial score (nSPS) is 16.0. The second kappa shape index (κ2) is 39.0. The van der Waals surface area contributed by atoms with Gasteiger partial charge in [-0.2, -0.15) is 19.9 Å². The van der Waals surface area contributed by atoms with Crippen molar-refractivity contribution in [1.29, 1.82) is 0 Å². The van der Waals surface area contributed by atoms with Crippen molar-refractivity contribution in [2.45, 2.75) is 18.9 Å². The molecular weight excluding hydrogens is 1820 g/mol. The largest absolute Gasteiger partial charge is 0.495 e. The average Bonchev–Trinajstić information content (AvgIpc) is 1.58. The fourth-order valence-corrected chi connectivity index (χ4v) is 20.6. The van der Waals surface area contributed by atoms with Crippen molar-refractivity contribution in [2.24, 2.45) is 28.2 Å². The van der Waals surface area contributed by atoms with Gasteiger partial charge in [-0.15, -0.1) is 0 Å². The molecule has 6 aliphatic rings. The standard InChI is InChI=1S/C29H33N9O.C28H29N7O3.C26H27N7O2.C23H21N7O2/c1-34-13-15-36(16-14-34)22-9-11-37(12-10-22)26-8-7-21(18-30-26)32-29-31-19-25-27(33-29)38-23-6-4-3-5-20(23)17-24(38)28(39)35(25)2;1-32-25-18-29-28(31-26(25)35-23-5-3-2-4-19(23)14-24(35)27(32)36)30-20-15-21(33-6-10-37-11-7-33)17-22(16-20)34-8-12-38-13-9-34;1-30-10-12-32(13-11-30)20-9-8-18(15-23(20)35-3)28-26-27-16-22-24(29-26)33-19-7-5-4-6-17(19)14-21(33)25(34)31(22)2;1-28-19-14-25-23(26-16-6-7-20(24-13-16)29-8-10-32-11-9-29)27-21(19)30-17-5-3-2-4-15(17)12-18(30)22(28)31/h3-8,17-19,22H,9-16H2,1-2H3,(H,31,32,33);2-5,14-18H,6-13H2,1H3,(H,29,30,31);4-9,14-16H,10-13H2,1-3H3,(H,27,28,29);2-7,12-14H,8-11H2,1H3,(H,25,26,27). The summed E-state index contributed by atoms with van der Waals surface area (Å²) in [4.78, 5) is 118. The molecule has 0 spiro atoms. The summed E-state index contributed by atoms with van der Waals surface area (Å²) in [6.07, 6.45) is 12.8. The Bertz CT molecular complexity index is 8510. The number of aryl methyl sites for hydroxylation is 4. The van der Waals surface area contributed by atoms with Crippen LogP contribution in [0.15, 0.2) is 238 Å². The maximum atomic E-state index is 13.1. The second-order valence-corrected chi connectivity index (χ2v) is 37.3. The molecule has 38 heteroatoms. The molecule has 20 aromatic rings. The van der Waals surface area contributed by atoms with Crippen molar-refractivity contribution in [1.82, 2.24) is 100 Å². The van der Waals surface area contributed by atoms with Crippen LogP contribution in [0.2, 0.25) is 0 Å². The van der Waals surface area contributed by atoms with Crippen molar-refractivity contribution < 1.29 is 18.9 Å². The van der Waals surface area contributed by atoms with Crippen LogP contribution < -0.4 is 72.7 Å². The van der Waals surface area contributed by atoms with Gasteiger partial charge in [0.05, 0.1) is 123 Å². The minimum Gasteiger partial charge on any atom is -0.495 e. The van der Waals surface area contributed by atoms with Gasteiger partial charge in [-0.05, 0) is 130 Å². The van der Waals surface area contributed by atoms with E-state index in [1.165, 1.54) is 39.0 Å². The summed E-state index contributed by atoms with van der Waals surface area (Å²) >= 11 is 0. The lowest BCUT2D eigenvalue weighted by Crippen LogP contribution is -2.52. The number of anilines is 13. The summed E-state index contributed by atoms with van der Waals surface area (Å²) in [6, 6.07) is 60.8. The number of piperidine rings is 1. The Kier molecular flexibility index (Phi) is 24.8. The summed E-state index contributed by atoms with van der Waals surface area (Å²) < 4.78 is 36.4. The van der Waals surface area contributed by atoms with E-state index in [1.54, 1.807) is 84.6 Å². The van der Waals surface area contributed by atoms with Gasteiger partial charge in [0.15, 0.2) is 22.6 Å². The first-order valence-corrected chi connectivity index (χ1v) is 48.9. The number of nitrogens with one attached hydrogen (secondary N) is 4. The SMILES string of the molecule is CN1CCN(C2CCN(c3ccc(Nc4ncc5c(n4)n4c(cc6ccccc64)c(=O)n5C)cn3)CC2)CC1.COc1cc(Nc2ncc3c(n2)n2c(cc4ccccc42)c(=O)n3C)ccc1N1CCN(C)CC1.Cn1c(=O)c2cc3ccccc3n2c2nc(Nc3cc(N4CCOCC4)cc(N4CCOCC4)c3)ncc21.Cn1c(=O)c2cc3ccccc3n2c2nc(Nc3ccc(N4CCOCC4)nc3)ncc21. The Labute approximate surface area is 825 Å². The zero-order valence-electron chi connectivity index (χ0n) is 81.2. The maximum absolute atomic E-state index is 13.1. The van der Waals surface area contributed by atoms with Crippen molar-refractivity contribution in [3.8, 4) is 5.75 Å². The number of aromatic nitrogens is 18. The van der Waals surface area contributed by atoms with E-state index in [1.807, 2.05) is 175 Å². The molecule has 0 unspecified atom stereocenters. The maximum Gasteiger partial charge on any atom is 0.275 e. The number of rotatable bonds is 15. The van der Waals surface area contributed by atoms with Crippen LogP contribution in [0.4, 0.5) is 75.2 Å². The van der Waals surface area contributed by atoms with Gasteiger partial charge in [-0.1, -0.05) is 72.8 Å². The molecular formula is C106H110N30O8. The zero-order valence-corrected chi connectivity index (χ0v) is 81.2. The lowest BCUT2D eigenvalue weighted by atomic mass is 10.0. The van der Waals surface area contributed by atoms with Crippen LogP contribution in [-0.4, -0.2) is 272 Å². The molecule has 0 bridgehead atoms. The molecule has 0 aliphatic carbocycles. The predicted octanol–water partition coefficient (Wildman–Crippen LogP) is 12.2. The summed E-state index contributed by atoms with van der Waals surface area (Å²) in [7, 11) is 13.1. The van der Waals surface area contributed by atoms with Crippen molar-refractivity contribution >= 4 is 186 Å². The lowest BCUT2D eigenvalue weighted by molar-refractivity contribution is 0.0981. The van der Waals surface area contributed by atoms with Crippen molar-refractivity contribution in [2.75, 3.05) is 211 Å². The minimum absolute atomic E-state index is 0.0737. The number of piperazine rings is 2. The number of nitrogens with zero attached hydrogens (tertiary/aromatic N) is 26. The molecule has 6 aromatic carbocycles. The van der Waals surface area contributed by atoms with E-state index in [0.29, 0.717) is 96.6 Å². The van der Waals surface area contributed by atoms with E-state index in [9.17, 15) is 19.2 Å². The summed E-state index contributed by atoms with van der Waals surface area (Å²) in [6.45, 7) is 20.2. The highest BCUT2D eigenvalue weighted by Gasteiger charge is 2.30. The van der Waals surface area contributed by atoms with E-state index < -0.39 is 0 Å². The molecule has 4 N–H and O–H groups in total. The molecule has 732 valence electrons. The molecule has 14 aromatic heterocycles. The van der Waals surface area contributed by atoms with Crippen molar-refractivity contribution in [3.05, 3.63) is 261 Å². The van der Waals surface area contributed by atoms with Gasteiger partial charge in [-0.25, -0.2) is 29.9 Å². The van der Waals surface area contributed by atoms with E-state index >= 15 is 0 Å². The highest BCUT2D eigenvalue weighted by Crippen LogP contribution is 2.37. The number of hydrogen-bond donors (Lipinski definition) is 4. The van der Waals surface area contributed by atoms with Crippen LogP contribution in [0.1, 0.15) is 12.8 Å². The summed E-state index contributed by atoms with van der Waals surface area (Å²) in [5.74, 6) is 4.56. The first-order chi connectivity index (χ1) is 70.4. The summed E-state index contributed by atoms with van der Waals surface area (Å²) in [5, 5.41) is 17.3. The molecule has 38 nitrogen and oxygen atoms in total. The van der Waals surface area contributed by atoms with Gasteiger partial charge < -0.3 is 92.8 Å². The number of morpholine rings is 3. The molecule has 0 atom stereocenters. The Balaban J connectivity index is 0.000000107. The fraction of sp³-hybridized carbons (Fsp3) is 0.302. The van der Waals surface area contributed by atoms with Gasteiger partial charge >= 0.3 is 0 Å². The van der Waals surface area contributed by atoms with Gasteiger partial charge in [0.2, 0.25) is 23.8 Å². The quantitative estimate of drug-likeness (QED) is 0.0740. The highest BCUT2D eigenvalue weighted by molar-refractivity contribution is 5.96. The third kappa shape index (κ3) is 17.7. The monoisotopic (exact) mass is 1930 g/mol. The Morgan fingerprint density at radius 3 is 0.972 bits per heavy atom. The number of ether oxygens (including phenoxy) is 4. The van der Waals surface area contributed by atoms with E-state index in [4.69, 9.17) is 43.9 Å². The number of fused-ring (bicyclic) bond motifs is 20. The lowest BCUT2D eigenvalue weighted by Gasteiger charge is -2.42. The number of benzene rings is 6. The smallest absolute Gasteiger partial charge is 0.275 e. The number of methoxy groups -OCH3 is 1. The molecule has 6 aliphatic heterocycles. The first-order valence-electron chi connectivity index (χ1n) is 48.9. The molecule has 20 heterocycles. The van der Waals surface area contributed by atoms with E-state index in [2.05, 4.69) is 130 Å². The third-order valence-electron chi connectivity index (χ3n) is 28.6. The van der Waals surface area contributed by atoms with E-state index in [0.717, 1.165) is 219 Å².